The Bertz CT molecular complexity index is 853. The maximum atomic E-state index is 11.5. The number of imidazole rings is 1. The largest absolute Gasteiger partial charge is 0.350 e. The number of carbonyl (C=O) groups excluding carboxylic acids is 2. The second-order valence-corrected chi connectivity index (χ2v) is 8.25. The van der Waals surface area contributed by atoms with E-state index in [0.717, 1.165) is 19.3 Å². The zero-order valence-electron chi connectivity index (χ0n) is 19.8. The van der Waals surface area contributed by atoms with Gasteiger partial charge in [-0.1, -0.05) is 64.7 Å². The van der Waals surface area contributed by atoms with E-state index in [0.29, 0.717) is 16.4 Å². The quantitative estimate of drug-likeness (QED) is 0.130. The van der Waals surface area contributed by atoms with Crippen molar-refractivity contribution < 1.29 is 9.59 Å². The van der Waals surface area contributed by atoms with Crippen molar-refractivity contribution in [1.82, 2.24) is 24.5 Å². The van der Waals surface area contributed by atoms with Gasteiger partial charge < -0.3 is 16.0 Å². The third kappa shape index (κ3) is 8.56. The number of rotatable bonds is 15. The summed E-state index contributed by atoms with van der Waals surface area (Å²) in [6, 6.07) is -1.96. The van der Waals surface area contributed by atoms with Gasteiger partial charge in [-0.25, -0.2) is 26.3 Å². The highest BCUT2D eigenvalue weighted by Crippen LogP contribution is 2.22. The molecular formula is C21H37N11O2. The zero-order chi connectivity index (χ0) is 24.9. The van der Waals surface area contributed by atoms with Crippen molar-refractivity contribution in [3.63, 3.8) is 0 Å². The molecular weight excluding hydrogens is 438 g/mol. The first-order chi connectivity index (χ1) is 16.3. The van der Waals surface area contributed by atoms with E-state index in [2.05, 4.69) is 26.9 Å². The molecule has 188 valence electrons. The summed E-state index contributed by atoms with van der Waals surface area (Å²) in [5, 5.41) is 1.10. The number of hydrogen-bond donors (Lipinski definition) is 4. The highest BCUT2D eigenvalue weighted by molar-refractivity contribution is 5.89. The molecule has 8 N–H and O–H groups in total. The van der Waals surface area contributed by atoms with Crippen LogP contribution in [0.1, 0.15) is 83.0 Å². The molecule has 0 aromatic carbocycles. The number of urea groups is 2. The van der Waals surface area contributed by atoms with Crippen molar-refractivity contribution >= 4 is 24.0 Å². The molecule has 1 unspecified atom stereocenters. The Kier molecular flexibility index (Phi) is 11.1. The Labute approximate surface area is 199 Å². The van der Waals surface area contributed by atoms with E-state index in [9.17, 15) is 9.59 Å². The van der Waals surface area contributed by atoms with Gasteiger partial charge in [0.1, 0.15) is 5.82 Å². The number of hydrazine groups is 2. The zero-order valence-corrected chi connectivity index (χ0v) is 19.8. The summed E-state index contributed by atoms with van der Waals surface area (Å²) in [5.74, 6) is 11.1. The van der Waals surface area contributed by atoms with Gasteiger partial charge in [-0.05, 0) is 6.42 Å². The lowest BCUT2D eigenvalue weighted by atomic mass is 10.0. The molecule has 13 nitrogen and oxygen atoms in total. The van der Waals surface area contributed by atoms with Crippen molar-refractivity contribution in [3.8, 4) is 0 Å². The fraction of sp³-hybridized carbons (Fsp3) is 0.619. The lowest BCUT2D eigenvalue weighted by Crippen LogP contribution is -2.45. The molecule has 0 saturated carbocycles. The Morgan fingerprint density at radius 3 is 1.88 bits per heavy atom. The third-order valence-electron chi connectivity index (χ3n) is 5.57. The predicted molar refractivity (Wildman–Crippen MR) is 129 cm³/mol. The van der Waals surface area contributed by atoms with E-state index in [-0.39, 0.29) is 23.8 Å². The maximum absolute atomic E-state index is 11.5. The van der Waals surface area contributed by atoms with Gasteiger partial charge >= 0.3 is 12.1 Å². The van der Waals surface area contributed by atoms with Gasteiger partial charge in [0.05, 0.1) is 6.33 Å². The summed E-state index contributed by atoms with van der Waals surface area (Å²) in [7, 11) is 0. The third-order valence-corrected chi connectivity index (χ3v) is 5.57. The van der Waals surface area contributed by atoms with Crippen molar-refractivity contribution in [2.45, 2.75) is 83.6 Å². The van der Waals surface area contributed by atoms with Gasteiger partial charge in [-0.15, -0.1) is 0 Å². The summed E-state index contributed by atoms with van der Waals surface area (Å²) in [6.45, 7) is 2.23. The molecule has 2 aromatic rings. The minimum Gasteiger partial charge on any atom is -0.350 e. The molecule has 2 aromatic heterocycles. The number of aromatic nitrogens is 5. The van der Waals surface area contributed by atoms with E-state index >= 15 is 0 Å². The molecule has 0 spiro atoms. The standard InChI is InChI=1S/C21H37N11O2/c1-2-3-4-5-6-7-8-9-10-11-16(30-13-12-26-15-30)14-17-27-20(31(24)18(22)33)29-21(28-17)32(25)19(23)34/h12-13,15-16H,2-11,14,24-25H2,1H3,(H2,22,33)(H2,23,34). The lowest BCUT2D eigenvalue weighted by Gasteiger charge is -2.20. The number of primary amides is 2. The fourth-order valence-electron chi connectivity index (χ4n) is 3.64. The Morgan fingerprint density at radius 1 is 0.882 bits per heavy atom. The van der Waals surface area contributed by atoms with Crippen molar-refractivity contribution in [1.29, 1.82) is 0 Å². The Balaban J connectivity index is 2.07. The Morgan fingerprint density at radius 2 is 1.41 bits per heavy atom. The minimum absolute atomic E-state index is 0.00485. The maximum Gasteiger partial charge on any atom is 0.336 e. The smallest absolute Gasteiger partial charge is 0.336 e. The Hall–Kier alpha value is -3.32. The number of anilines is 2. The topological polar surface area (TPSA) is 201 Å². The minimum atomic E-state index is -0.980. The first-order valence-corrected chi connectivity index (χ1v) is 11.7. The van der Waals surface area contributed by atoms with E-state index in [1.807, 2.05) is 10.8 Å². The number of unbranched alkanes of at least 4 members (excludes halogenated alkanes) is 8. The van der Waals surface area contributed by atoms with Crippen LogP contribution in [0.4, 0.5) is 21.5 Å². The molecule has 1 atom stereocenters. The van der Waals surface area contributed by atoms with Gasteiger partial charge in [0.15, 0.2) is 0 Å². The van der Waals surface area contributed by atoms with E-state index in [1.165, 1.54) is 44.9 Å². The first-order valence-electron chi connectivity index (χ1n) is 11.7. The molecule has 0 aliphatic rings. The number of hydrogen-bond acceptors (Lipinski definition) is 8. The van der Waals surface area contributed by atoms with Crippen molar-refractivity contribution in [2.75, 3.05) is 10.0 Å². The second-order valence-electron chi connectivity index (χ2n) is 8.25. The molecule has 0 fully saturated rings. The average molecular weight is 476 g/mol. The monoisotopic (exact) mass is 475 g/mol. The van der Waals surface area contributed by atoms with Crippen LogP contribution in [0.3, 0.4) is 0 Å². The van der Waals surface area contributed by atoms with Crippen LogP contribution in [0.15, 0.2) is 18.7 Å². The van der Waals surface area contributed by atoms with Crippen LogP contribution in [0.2, 0.25) is 0 Å². The summed E-state index contributed by atoms with van der Waals surface area (Å²) in [5.41, 5.74) is 10.5. The molecule has 13 heteroatoms. The fourth-order valence-corrected chi connectivity index (χ4v) is 3.64. The van der Waals surface area contributed by atoms with E-state index < -0.39 is 12.1 Å². The van der Waals surface area contributed by atoms with E-state index in [1.54, 1.807) is 12.5 Å². The van der Waals surface area contributed by atoms with Gasteiger partial charge in [-0.3, -0.25) is 0 Å². The van der Waals surface area contributed by atoms with Gasteiger partial charge in [0.2, 0.25) is 0 Å². The van der Waals surface area contributed by atoms with Gasteiger partial charge in [0, 0.05) is 24.9 Å². The SMILES string of the molecule is CCCCCCCCCCCC(Cc1nc(N(N)C(N)=O)nc(N(N)C(N)=O)n1)n1ccnc1. The van der Waals surface area contributed by atoms with Crippen LogP contribution in [0.25, 0.3) is 0 Å². The summed E-state index contributed by atoms with van der Waals surface area (Å²) < 4.78 is 1.98. The van der Waals surface area contributed by atoms with Crippen LogP contribution in [0, 0.1) is 0 Å². The van der Waals surface area contributed by atoms with Crippen molar-refractivity contribution in [3.05, 3.63) is 24.5 Å². The molecule has 2 rings (SSSR count). The van der Waals surface area contributed by atoms with Crippen LogP contribution < -0.4 is 33.2 Å². The summed E-state index contributed by atoms with van der Waals surface area (Å²) in [4.78, 5) is 39.6. The average Bonchev–Trinajstić information content (AvgIpc) is 3.35. The number of amides is 4. The van der Waals surface area contributed by atoms with Crippen LogP contribution >= 0.6 is 0 Å². The van der Waals surface area contributed by atoms with Crippen LogP contribution in [0.5, 0.6) is 0 Å². The molecule has 0 aliphatic carbocycles. The molecule has 4 amide bonds. The molecule has 0 bridgehead atoms. The summed E-state index contributed by atoms with van der Waals surface area (Å²) in [6.07, 6.45) is 17.6. The molecule has 2 heterocycles. The predicted octanol–water partition coefficient (Wildman–Crippen LogP) is 2.29. The van der Waals surface area contributed by atoms with Gasteiger partial charge in [-0.2, -0.15) is 25.0 Å². The number of nitrogens with zero attached hydrogens (tertiary/aromatic N) is 7. The second kappa shape index (κ2) is 14.1. The number of carbonyl (C=O) groups is 2. The molecule has 0 aliphatic heterocycles. The van der Waals surface area contributed by atoms with Crippen LogP contribution in [-0.4, -0.2) is 36.6 Å². The highest BCUT2D eigenvalue weighted by atomic mass is 16.2. The highest BCUT2D eigenvalue weighted by Gasteiger charge is 2.21. The number of nitrogens with two attached hydrogens (primary N) is 4. The molecule has 34 heavy (non-hydrogen) atoms. The first kappa shape index (κ1) is 26.9. The molecule has 0 radical (unpaired) electrons. The molecule has 0 saturated heterocycles. The summed E-state index contributed by atoms with van der Waals surface area (Å²) >= 11 is 0. The lowest BCUT2D eigenvalue weighted by molar-refractivity contribution is 0.253. The van der Waals surface area contributed by atoms with Crippen molar-refractivity contribution in [2.24, 2.45) is 23.2 Å². The van der Waals surface area contributed by atoms with E-state index in [4.69, 9.17) is 23.2 Å². The normalized spacial score (nSPS) is 11.9. The van der Waals surface area contributed by atoms with Crippen LogP contribution in [-0.2, 0) is 6.42 Å². The van der Waals surface area contributed by atoms with Gasteiger partial charge in [0.25, 0.3) is 11.9 Å².